The standard InChI is InChI=1S/C17H15NO2/c19-15(13-9-11-5-1-2-6-12(11)13)10-17-18-14-7-3-4-8-16(14)20-17/h1-8,13,15,19H,9-10H2. The van der Waals surface area contributed by atoms with Gasteiger partial charge in [-0.15, -0.1) is 0 Å². The maximum absolute atomic E-state index is 10.4. The SMILES string of the molecule is OC(Cc1nc2ccccc2o1)C1Cc2ccccc21. The lowest BCUT2D eigenvalue weighted by Gasteiger charge is -2.33. The second kappa shape index (κ2) is 4.46. The first-order chi connectivity index (χ1) is 9.81. The molecule has 3 nitrogen and oxygen atoms in total. The normalized spacial score (nSPS) is 18.6. The van der Waals surface area contributed by atoms with Gasteiger partial charge in [-0.3, -0.25) is 0 Å². The molecule has 0 saturated carbocycles. The summed E-state index contributed by atoms with van der Waals surface area (Å²) in [5.41, 5.74) is 4.23. The lowest BCUT2D eigenvalue weighted by atomic mass is 9.74. The van der Waals surface area contributed by atoms with Crippen LogP contribution in [-0.4, -0.2) is 16.2 Å². The molecule has 2 unspecified atom stereocenters. The predicted molar refractivity (Wildman–Crippen MR) is 76.6 cm³/mol. The van der Waals surface area contributed by atoms with Gasteiger partial charge in [-0.2, -0.15) is 0 Å². The number of aromatic nitrogens is 1. The van der Waals surface area contributed by atoms with Gasteiger partial charge < -0.3 is 9.52 Å². The van der Waals surface area contributed by atoms with Crippen molar-refractivity contribution < 1.29 is 9.52 Å². The van der Waals surface area contributed by atoms with Gasteiger partial charge in [0.25, 0.3) is 0 Å². The van der Waals surface area contributed by atoms with E-state index in [9.17, 15) is 5.11 Å². The molecule has 1 aromatic heterocycles. The van der Waals surface area contributed by atoms with E-state index in [4.69, 9.17) is 4.42 Å². The van der Waals surface area contributed by atoms with Gasteiger partial charge in [0.2, 0.25) is 0 Å². The van der Waals surface area contributed by atoms with Crippen LogP contribution >= 0.6 is 0 Å². The third kappa shape index (κ3) is 1.82. The van der Waals surface area contributed by atoms with Crippen LogP contribution in [0.2, 0.25) is 0 Å². The third-order valence-corrected chi connectivity index (χ3v) is 4.08. The van der Waals surface area contributed by atoms with Crippen LogP contribution in [0.4, 0.5) is 0 Å². The highest BCUT2D eigenvalue weighted by atomic mass is 16.4. The van der Waals surface area contributed by atoms with Crippen molar-refractivity contribution in [1.29, 1.82) is 0 Å². The molecule has 0 bridgehead atoms. The smallest absolute Gasteiger partial charge is 0.198 e. The van der Waals surface area contributed by atoms with E-state index in [-0.39, 0.29) is 5.92 Å². The maximum atomic E-state index is 10.4. The fraction of sp³-hybridized carbons (Fsp3) is 0.235. The van der Waals surface area contributed by atoms with E-state index in [0.29, 0.717) is 12.3 Å². The van der Waals surface area contributed by atoms with Gasteiger partial charge >= 0.3 is 0 Å². The Morgan fingerprint density at radius 2 is 1.95 bits per heavy atom. The first-order valence-corrected chi connectivity index (χ1v) is 6.91. The molecule has 1 aliphatic rings. The molecule has 1 heterocycles. The first-order valence-electron chi connectivity index (χ1n) is 6.91. The summed E-state index contributed by atoms with van der Waals surface area (Å²) >= 11 is 0. The molecule has 2 atom stereocenters. The minimum absolute atomic E-state index is 0.209. The number of hydrogen-bond donors (Lipinski definition) is 1. The van der Waals surface area contributed by atoms with E-state index in [1.165, 1.54) is 11.1 Å². The Bertz CT molecular complexity index is 729. The number of para-hydroxylation sites is 2. The number of fused-ring (bicyclic) bond motifs is 2. The fourth-order valence-corrected chi connectivity index (χ4v) is 2.97. The maximum Gasteiger partial charge on any atom is 0.198 e. The number of nitrogens with zero attached hydrogens (tertiary/aromatic N) is 1. The Labute approximate surface area is 116 Å². The highest BCUT2D eigenvalue weighted by Gasteiger charge is 2.32. The topological polar surface area (TPSA) is 46.3 Å². The number of hydrogen-bond acceptors (Lipinski definition) is 3. The van der Waals surface area contributed by atoms with Crippen molar-refractivity contribution in [3.05, 3.63) is 65.5 Å². The van der Waals surface area contributed by atoms with Crippen LogP contribution in [0.1, 0.15) is 22.9 Å². The van der Waals surface area contributed by atoms with Crippen LogP contribution in [0.5, 0.6) is 0 Å². The number of oxazole rings is 1. The van der Waals surface area contributed by atoms with E-state index in [0.717, 1.165) is 17.5 Å². The van der Waals surface area contributed by atoms with Gasteiger partial charge in [0.15, 0.2) is 11.5 Å². The zero-order valence-corrected chi connectivity index (χ0v) is 11.0. The van der Waals surface area contributed by atoms with Gasteiger partial charge in [-0.1, -0.05) is 36.4 Å². The number of rotatable bonds is 3. The summed E-state index contributed by atoms with van der Waals surface area (Å²) in [6.07, 6.45) is 0.976. The van der Waals surface area contributed by atoms with Crippen molar-refractivity contribution in [2.24, 2.45) is 0 Å². The minimum Gasteiger partial charge on any atom is -0.441 e. The van der Waals surface area contributed by atoms with E-state index in [1.54, 1.807) is 0 Å². The Balaban J connectivity index is 1.55. The monoisotopic (exact) mass is 265 g/mol. The number of aliphatic hydroxyl groups is 1. The van der Waals surface area contributed by atoms with Crippen molar-refractivity contribution in [2.75, 3.05) is 0 Å². The predicted octanol–water partition coefficient (Wildman–Crippen LogP) is 3.07. The molecular formula is C17H15NO2. The van der Waals surface area contributed by atoms with Crippen LogP contribution in [-0.2, 0) is 12.8 Å². The molecule has 0 aliphatic heterocycles. The van der Waals surface area contributed by atoms with E-state index < -0.39 is 6.10 Å². The third-order valence-electron chi connectivity index (χ3n) is 4.08. The molecular weight excluding hydrogens is 250 g/mol. The summed E-state index contributed by atoms with van der Waals surface area (Å²) in [5.74, 6) is 0.823. The Morgan fingerprint density at radius 1 is 1.15 bits per heavy atom. The van der Waals surface area contributed by atoms with Gasteiger partial charge in [-0.25, -0.2) is 4.98 Å². The molecule has 4 rings (SSSR count). The second-order valence-corrected chi connectivity index (χ2v) is 5.36. The Hall–Kier alpha value is -2.13. The largest absolute Gasteiger partial charge is 0.441 e. The van der Waals surface area contributed by atoms with E-state index in [1.807, 2.05) is 36.4 Å². The zero-order valence-electron chi connectivity index (χ0n) is 11.0. The van der Waals surface area contributed by atoms with Crippen LogP contribution in [0.25, 0.3) is 11.1 Å². The first kappa shape index (κ1) is 11.7. The minimum atomic E-state index is -0.432. The highest BCUT2D eigenvalue weighted by Crippen LogP contribution is 2.38. The van der Waals surface area contributed by atoms with Crippen molar-refractivity contribution in [3.8, 4) is 0 Å². The van der Waals surface area contributed by atoms with Crippen LogP contribution < -0.4 is 0 Å². The summed E-state index contributed by atoms with van der Waals surface area (Å²) in [4.78, 5) is 4.42. The van der Waals surface area contributed by atoms with Crippen molar-refractivity contribution in [3.63, 3.8) is 0 Å². The molecule has 1 N–H and O–H groups in total. The van der Waals surface area contributed by atoms with Gasteiger partial charge in [-0.05, 0) is 29.7 Å². The van der Waals surface area contributed by atoms with Gasteiger partial charge in [0.05, 0.1) is 12.5 Å². The summed E-state index contributed by atoms with van der Waals surface area (Å²) in [5, 5.41) is 10.4. The second-order valence-electron chi connectivity index (χ2n) is 5.36. The van der Waals surface area contributed by atoms with Gasteiger partial charge in [0, 0.05) is 5.92 Å². The summed E-state index contributed by atoms with van der Waals surface area (Å²) < 4.78 is 5.67. The van der Waals surface area contributed by atoms with Crippen molar-refractivity contribution >= 4 is 11.1 Å². The van der Waals surface area contributed by atoms with E-state index in [2.05, 4.69) is 17.1 Å². The molecule has 0 amide bonds. The van der Waals surface area contributed by atoms with Crippen molar-refractivity contribution in [1.82, 2.24) is 4.98 Å². The molecule has 20 heavy (non-hydrogen) atoms. The zero-order chi connectivity index (χ0) is 13.5. The van der Waals surface area contributed by atoms with Gasteiger partial charge in [0.1, 0.15) is 5.52 Å². The molecule has 100 valence electrons. The Kier molecular flexibility index (Phi) is 2.60. The molecule has 1 aliphatic carbocycles. The molecule has 0 spiro atoms. The van der Waals surface area contributed by atoms with Crippen molar-refractivity contribution in [2.45, 2.75) is 24.9 Å². The lowest BCUT2D eigenvalue weighted by Crippen LogP contribution is -2.30. The Morgan fingerprint density at radius 3 is 2.80 bits per heavy atom. The molecule has 0 saturated heterocycles. The highest BCUT2D eigenvalue weighted by molar-refractivity contribution is 5.72. The average molecular weight is 265 g/mol. The molecule has 0 radical (unpaired) electrons. The number of benzene rings is 2. The molecule has 3 aromatic rings. The summed E-state index contributed by atoms with van der Waals surface area (Å²) in [6, 6.07) is 16.0. The lowest BCUT2D eigenvalue weighted by molar-refractivity contribution is 0.126. The van der Waals surface area contributed by atoms with Crippen LogP contribution in [0, 0.1) is 0 Å². The van der Waals surface area contributed by atoms with Crippen LogP contribution in [0.15, 0.2) is 52.9 Å². The van der Waals surface area contributed by atoms with Crippen LogP contribution in [0.3, 0.4) is 0 Å². The molecule has 0 fully saturated rings. The molecule has 3 heteroatoms. The quantitative estimate of drug-likeness (QED) is 0.791. The molecule has 2 aromatic carbocycles. The summed E-state index contributed by atoms with van der Waals surface area (Å²) in [7, 11) is 0. The van der Waals surface area contributed by atoms with E-state index >= 15 is 0 Å². The number of aliphatic hydroxyl groups excluding tert-OH is 1. The average Bonchev–Trinajstić information content (AvgIpc) is 2.82. The summed E-state index contributed by atoms with van der Waals surface area (Å²) in [6.45, 7) is 0. The fourth-order valence-electron chi connectivity index (χ4n) is 2.97.